The monoisotopic (exact) mass is 312 g/mol. The Bertz CT molecular complexity index is 844. The van der Waals surface area contributed by atoms with Gasteiger partial charge < -0.3 is 5.11 Å². The lowest BCUT2D eigenvalue weighted by Gasteiger charge is -2.11. The normalized spacial score (nSPS) is 11.0. The summed E-state index contributed by atoms with van der Waals surface area (Å²) in [6.07, 6.45) is 0. The third kappa shape index (κ3) is 1.97. The molecule has 0 aliphatic heterocycles. The van der Waals surface area contributed by atoms with E-state index in [-0.39, 0.29) is 0 Å². The van der Waals surface area contributed by atoms with Crippen molar-refractivity contribution in [1.82, 2.24) is 9.55 Å². The fourth-order valence-electron chi connectivity index (χ4n) is 1.50. The largest absolute Gasteiger partial charge is 0.492 e. The molecule has 0 saturated carbocycles. The van der Waals surface area contributed by atoms with Crippen molar-refractivity contribution in [3.63, 3.8) is 0 Å². The Hall–Kier alpha value is -2.72. The van der Waals surface area contributed by atoms with Crippen LogP contribution in [0.15, 0.2) is 9.59 Å². The molecule has 2 rings (SSSR count). The van der Waals surface area contributed by atoms with Gasteiger partial charge in [-0.3, -0.25) is 9.78 Å². The predicted octanol–water partition coefficient (Wildman–Crippen LogP) is 1.07. The molecule has 0 spiro atoms. The van der Waals surface area contributed by atoms with Gasteiger partial charge in [-0.25, -0.2) is 31.3 Å². The Morgan fingerprint density at radius 3 is 1.67 bits per heavy atom. The first kappa shape index (κ1) is 14.7. The second kappa shape index (κ2) is 4.68. The summed E-state index contributed by atoms with van der Waals surface area (Å²) in [4.78, 5) is 23.3. The summed E-state index contributed by atoms with van der Waals surface area (Å²) in [6.45, 7) is 0. The second-order valence-electron chi connectivity index (χ2n) is 3.65. The number of hydrogen-bond acceptors (Lipinski definition) is 3. The van der Waals surface area contributed by atoms with Gasteiger partial charge in [0.2, 0.25) is 17.5 Å². The summed E-state index contributed by atoms with van der Waals surface area (Å²) in [7, 11) is 0. The first-order valence-corrected chi connectivity index (χ1v) is 4.94. The molecule has 2 aromatic rings. The molecule has 0 radical (unpaired) electrons. The lowest BCUT2D eigenvalue weighted by atomic mass is 10.2. The standard InChI is InChI=1S/C10H2F6N2O3/c11-1-2(12)4(14)7(5(15)3(1)13)18-9(20)6(16)8(19)17-10(18)21/h20H,(H,17,19,21). The summed E-state index contributed by atoms with van der Waals surface area (Å²) >= 11 is 0. The molecule has 1 heterocycles. The molecule has 11 heteroatoms. The van der Waals surface area contributed by atoms with E-state index >= 15 is 0 Å². The van der Waals surface area contributed by atoms with Crippen molar-refractivity contribution >= 4 is 0 Å². The van der Waals surface area contributed by atoms with Gasteiger partial charge >= 0.3 is 5.69 Å². The number of benzene rings is 1. The van der Waals surface area contributed by atoms with Crippen LogP contribution < -0.4 is 11.2 Å². The molecule has 0 fully saturated rings. The van der Waals surface area contributed by atoms with Crippen LogP contribution >= 0.6 is 0 Å². The zero-order valence-electron chi connectivity index (χ0n) is 9.48. The first-order valence-electron chi connectivity index (χ1n) is 4.94. The van der Waals surface area contributed by atoms with Crippen LogP contribution in [0.5, 0.6) is 5.88 Å². The number of hydrogen-bond donors (Lipinski definition) is 2. The van der Waals surface area contributed by atoms with E-state index in [0.717, 1.165) is 0 Å². The molecule has 0 bridgehead atoms. The molecule has 0 aliphatic rings. The van der Waals surface area contributed by atoms with E-state index < -0.39 is 62.3 Å². The van der Waals surface area contributed by atoms with Crippen molar-refractivity contribution in [2.45, 2.75) is 0 Å². The Morgan fingerprint density at radius 1 is 0.762 bits per heavy atom. The minimum absolute atomic E-state index is 0.590. The average molecular weight is 312 g/mol. The topological polar surface area (TPSA) is 75.1 Å². The van der Waals surface area contributed by atoms with E-state index in [1.807, 2.05) is 0 Å². The number of nitrogens with zero attached hydrogens (tertiary/aromatic N) is 1. The number of aromatic amines is 1. The molecule has 112 valence electrons. The maximum Gasteiger partial charge on any atom is 0.336 e. The Morgan fingerprint density at radius 2 is 1.19 bits per heavy atom. The van der Waals surface area contributed by atoms with Gasteiger partial charge in [0.25, 0.3) is 5.56 Å². The van der Waals surface area contributed by atoms with Crippen molar-refractivity contribution in [2.75, 3.05) is 0 Å². The van der Waals surface area contributed by atoms with Crippen molar-refractivity contribution in [2.24, 2.45) is 0 Å². The van der Waals surface area contributed by atoms with Gasteiger partial charge in [0, 0.05) is 0 Å². The van der Waals surface area contributed by atoms with Crippen LogP contribution in [0.3, 0.4) is 0 Å². The van der Waals surface area contributed by atoms with Gasteiger partial charge in [-0.05, 0) is 0 Å². The number of halogens is 6. The van der Waals surface area contributed by atoms with Crippen LogP contribution in [0.1, 0.15) is 0 Å². The minimum Gasteiger partial charge on any atom is -0.492 e. The van der Waals surface area contributed by atoms with Crippen LogP contribution in [0.4, 0.5) is 26.3 Å². The fourth-order valence-corrected chi connectivity index (χ4v) is 1.50. The minimum atomic E-state index is -2.51. The maximum atomic E-state index is 13.5. The molecule has 1 aromatic heterocycles. The lowest BCUT2D eigenvalue weighted by molar-refractivity contribution is 0.357. The number of H-pyrrole nitrogens is 1. The molecule has 0 atom stereocenters. The van der Waals surface area contributed by atoms with E-state index in [1.54, 1.807) is 0 Å². The van der Waals surface area contributed by atoms with E-state index in [4.69, 9.17) is 0 Å². The Labute approximate surface area is 109 Å². The molecule has 21 heavy (non-hydrogen) atoms. The van der Waals surface area contributed by atoms with Gasteiger partial charge in [-0.1, -0.05) is 0 Å². The highest BCUT2D eigenvalue weighted by Gasteiger charge is 2.30. The first-order chi connectivity index (χ1) is 9.68. The highest BCUT2D eigenvalue weighted by atomic mass is 19.2. The quantitative estimate of drug-likeness (QED) is 0.470. The Kier molecular flexibility index (Phi) is 3.27. The van der Waals surface area contributed by atoms with Crippen LogP contribution in [-0.2, 0) is 0 Å². The molecule has 0 saturated heterocycles. The molecule has 0 unspecified atom stereocenters. The molecule has 0 amide bonds. The second-order valence-corrected chi connectivity index (χ2v) is 3.65. The molecule has 5 nitrogen and oxygen atoms in total. The van der Waals surface area contributed by atoms with E-state index in [2.05, 4.69) is 0 Å². The lowest BCUT2D eigenvalue weighted by Crippen LogP contribution is -2.32. The van der Waals surface area contributed by atoms with Gasteiger partial charge in [0.15, 0.2) is 23.3 Å². The summed E-state index contributed by atoms with van der Waals surface area (Å²) in [5, 5.41) is 9.21. The molecular weight excluding hydrogens is 310 g/mol. The highest BCUT2D eigenvalue weighted by Crippen LogP contribution is 2.27. The van der Waals surface area contributed by atoms with Crippen LogP contribution in [0.2, 0.25) is 0 Å². The average Bonchev–Trinajstić information content (AvgIpc) is 2.44. The van der Waals surface area contributed by atoms with Gasteiger partial charge in [-0.15, -0.1) is 0 Å². The van der Waals surface area contributed by atoms with Crippen LogP contribution in [-0.4, -0.2) is 14.7 Å². The van der Waals surface area contributed by atoms with Crippen molar-refractivity contribution in [1.29, 1.82) is 0 Å². The number of aromatic hydroxyl groups is 1. The molecule has 2 N–H and O–H groups in total. The van der Waals surface area contributed by atoms with E-state index in [9.17, 15) is 41.0 Å². The van der Waals surface area contributed by atoms with Crippen molar-refractivity contribution in [3.05, 3.63) is 55.7 Å². The maximum absolute atomic E-state index is 13.5. The van der Waals surface area contributed by atoms with Gasteiger partial charge in [0.1, 0.15) is 5.69 Å². The third-order valence-corrected chi connectivity index (χ3v) is 2.44. The van der Waals surface area contributed by atoms with E-state index in [0.29, 0.717) is 0 Å². The molecule has 0 aliphatic carbocycles. The van der Waals surface area contributed by atoms with E-state index in [1.165, 1.54) is 4.98 Å². The summed E-state index contributed by atoms with van der Waals surface area (Å²) in [5.41, 5.74) is -5.47. The van der Waals surface area contributed by atoms with Gasteiger partial charge in [-0.2, -0.15) is 4.39 Å². The predicted molar refractivity (Wildman–Crippen MR) is 54.1 cm³/mol. The smallest absolute Gasteiger partial charge is 0.336 e. The highest BCUT2D eigenvalue weighted by molar-refractivity contribution is 5.40. The van der Waals surface area contributed by atoms with Crippen LogP contribution in [0.25, 0.3) is 5.69 Å². The number of aromatic nitrogens is 2. The summed E-state index contributed by atoms with van der Waals surface area (Å²) in [6, 6.07) is 0. The molecular formula is C10H2F6N2O3. The SMILES string of the molecule is O=c1[nH]c(=O)n(-c2c(F)c(F)c(F)c(F)c2F)c(O)c1F. The van der Waals surface area contributed by atoms with Crippen molar-refractivity contribution in [3.8, 4) is 11.6 Å². The fraction of sp³-hybridized carbons (Fsp3) is 0. The number of rotatable bonds is 1. The zero-order valence-corrected chi connectivity index (χ0v) is 9.48. The van der Waals surface area contributed by atoms with Gasteiger partial charge in [0.05, 0.1) is 0 Å². The molecule has 1 aromatic carbocycles. The van der Waals surface area contributed by atoms with Crippen molar-refractivity contribution < 1.29 is 31.4 Å². The Balaban J connectivity index is 3.04. The number of nitrogens with one attached hydrogen (secondary N) is 1. The van der Waals surface area contributed by atoms with Crippen LogP contribution in [0, 0.1) is 34.9 Å². The summed E-state index contributed by atoms with van der Waals surface area (Å²) in [5.74, 6) is -16.3. The third-order valence-electron chi connectivity index (χ3n) is 2.44. The summed E-state index contributed by atoms with van der Waals surface area (Å²) < 4.78 is 78.4. The zero-order chi connectivity index (χ0) is 16.1.